The van der Waals surface area contributed by atoms with Crippen molar-refractivity contribution in [3.05, 3.63) is 93.3 Å². The van der Waals surface area contributed by atoms with Crippen LogP contribution in [0.25, 0.3) is 11.3 Å². The van der Waals surface area contributed by atoms with Crippen molar-refractivity contribution >= 4 is 50.5 Å². The van der Waals surface area contributed by atoms with Crippen molar-refractivity contribution in [3.63, 3.8) is 0 Å². The van der Waals surface area contributed by atoms with Crippen molar-refractivity contribution in [1.29, 1.82) is 0 Å². The second-order valence-electron chi connectivity index (χ2n) is 7.02. The van der Waals surface area contributed by atoms with Crippen LogP contribution in [-0.4, -0.2) is 27.1 Å². The first kappa shape index (κ1) is 17.7. The lowest BCUT2D eigenvalue weighted by molar-refractivity contribution is 0.112. The molecule has 2 aliphatic rings. The van der Waals surface area contributed by atoms with E-state index in [1.165, 1.54) is 10.4 Å². The lowest BCUT2D eigenvalue weighted by atomic mass is 9.80. The van der Waals surface area contributed by atoms with Crippen LogP contribution in [0.1, 0.15) is 33.5 Å². The van der Waals surface area contributed by atoms with Crippen molar-refractivity contribution in [2.75, 3.05) is 0 Å². The molecule has 5 heteroatoms. The third-order valence-corrected chi connectivity index (χ3v) is 6.10. The lowest BCUT2D eigenvalue weighted by Gasteiger charge is -2.28. The Labute approximate surface area is 165 Å². The fraction of sp³-hybridized carbons (Fsp3) is 0.0455. The zero-order valence-electron chi connectivity index (χ0n) is 15.4. The van der Waals surface area contributed by atoms with Gasteiger partial charge >= 0.3 is 0 Å². The lowest BCUT2D eigenvalue weighted by Crippen LogP contribution is -2.11. The minimum absolute atomic E-state index is 0.0476. The normalized spacial score (nSPS) is 15.4. The molecule has 0 amide bonds. The maximum Gasteiger partial charge on any atom is 0.150 e. The van der Waals surface area contributed by atoms with Crippen LogP contribution in [0.5, 0.6) is 0 Å². The van der Waals surface area contributed by atoms with Crippen LogP contribution >= 0.6 is 11.8 Å². The largest absolute Gasteiger partial charge is 0.508 e. The zero-order valence-corrected chi connectivity index (χ0v) is 16.2. The summed E-state index contributed by atoms with van der Waals surface area (Å²) in [5.74, 6) is 0.0476. The van der Waals surface area contributed by atoms with Crippen molar-refractivity contribution < 1.29 is 9.90 Å². The van der Waals surface area contributed by atoms with Gasteiger partial charge in [-0.1, -0.05) is 60.2 Å². The molecule has 0 fully saturated rings. The molecular formula is C22H18B2O2S. The summed E-state index contributed by atoms with van der Waals surface area (Å²) >= 11 is 1.74. The maximum absolute atomic E-state index is 11.4. The van der Waals surface area contributed by atoms with Crippen molar-refractivity contribution in [2.24, 2.45) is 0 Å². The number of allylic oxidation sites excluding steroid dienone is 4. The minimum atomic E-state index is 0.0476. The number of carbonyl (C=O) groups is 1. The number of hydrogen-bond acceptors (Lipinski definition) is 3. The van der Waals surface area contributed by atoms with E-state index in [-0.39, 0.29) is 5.76 Å². The van der Waals surface area contributed by atoms with Gasteiger partial charge in [0.25, 0.3) is 0 Å². The van der Waals surface area contributed by atoms with Gasteiger partial charge in [-0.05, 0) is 40.8 Å². The summed E-state index contributed by atoms with van der Waals surface area (Å²) in [5, 5.41) is 10.2. The molecule has 0 bridgehead atoms. The molecule has 0 atom stereocenters. The number of thioether (sulfide) groups is 1. The van der Waals surface area contributed by atoms with Crippen LogP contribution in [0.2, 0.25) is 0 Å². The number of aliphatic hydroxyl groups is 1. The van der Waals surface area contributed by atoms with Gasteiger partial charge in [0, 0.05) is 20.9 Å². The highest BCUT2D eigenvalue weighted by atomic mass is 32.2. The molecule has 0 radical (unpaired) electrons. The van der Waals surface area contributed by atoms with Gasteiger partial charge in [-0.15, -0.1) is 5.47 Å². The summed E-state index contributed by atoms with van der Waals surface area (Å²) < 4.78 is 0. The third kappa shape index (κ3) is 3.13. The number of hydrogen-bond donors (Lipinski definition) is 1. The van der Waals surface area contributed by atoms with Gasteiger partial charge in [0.2, 0.25) is 0 Å². The standard InChI is InChI=1S/C22H18B2O2S/c1-12(26)16-5-3-14(23)9-17(16)22-18-8-13(11-25)2-6-20(18)27-21-7-4-15(24)10-19(21)22/h2-3,5-11,26H,1,4,23-24H2. The molecule has 0 unspecified atom stereocenters. The maximum atomic E-state index is 11.4. The summed E-state index contributed by atoms with van der Waals surface area (Å²) in [7, 11) is 4.17. The van der Waals surface area contributed by atoms with Gasteiger partial charge < -0.3 is 5.11 Å². The number of carbonyl (C=O) groups excluding carboxylic acids is 1. The average molecular weight is 368 g/mol. The molecule has 1 N–H and O–H groups in total. The Morgan fingerprint density at radius 2 is 1.96 bits per heavy atom. The topological polar surface area (TPSA) is 37.3 Å². The molecule has 0 saturated carbocycles. The van der Waals surface area contributed by atoms with Crippen molar-refractivity contribution in [3.8, 4) is 0 Å². The van der Waals surface area contributed by atoms with E-state index in [1.54, 1.807) is 11.8 Å². The Balaban J connectivity index is 2.11. The van der Waals surface area contributed by atoms with Crippen molar-refractivity contribution in [2.45, 2.75) is 11.3 Å². The molecule has 0 aromatic heterocycles. The second kappa shape index (κ2) is 6.82. The Kier molecular flexibility index (Phi) is 4.48. The fourth-order valence-corrected chi connectivity index (χ4v) is 4.69. The molecule has 1 aliphatic heterocycles. The summed E-state index contributed by atoms with van der Waals surface area (Å²) in [4.78, 5) is 13.7. The highest BCUT2D eigenvalue weighted by Gasteiger charge is 2.27. The SMILES string of the molecule is BC1=CC2=C(c3cc(B)ccc3C(=C)O)c3cc(C=O)ccc3SC2=CC1. The van der Waals surface area contributed by atoms with E-state index >= 15 is 0 Å². The smallest absolute Gasteiger partial charge is 0.150 e. The summed E-state index contributed by atoms with van der Waals surface area (Å²) in [5.41, 5.74) is 7.92. The highest BCUT2D eigenvalue weighted by molar-refractivity contribution is 8.03. The molecule has 0 spiro atoms. The molecular weight excluding hydrogens is 350 g/mol. The van der Waals surface area contributed by atoms with E-state index in [2.05, 4.69) is 32.6 Å². The Morgan fingerprint density at radius 3 is 2.70 bits per heavy atom. The molecule has 1 aliphatic carbocycles. The molecule has 1 heterocycles. The molecule has 2 aromatic carbocycles. The zero-order chi connectivity index (χ0) is 19.1. The van der Waals surface area contributed by atoms with Gasteiger partial charge in [-0.25, -0.2) is 0 Å². The van der Waals surface area contributed by atoms with Crippen LogP contribution in [-0.2, 0) is 0 Å². The number of rotatable bonds is 3. The second-order valence-corrected chi connectivity index (χ2v) is 8.11. The number of benzene rings is 2. The highest BCUT2D eigenvalue weighted by Crippen LogP contribution is 2.49. The van der Waals surface area contributed by atoms with E-state index in [0.29, 0.717) is 11.1 Å². The Bertz CT molecular complexity index is 1090. The predicted molar refractivity (Wildman–Crippen MR) is 119 cm³/mol. The van der Waals surface area contributed by atoms with Gasteiger partial charge in [0.05, 0.1) is 0 Å². The van der Waals surface area contributed by atoms with Gasteiger partial charge in [0.15, 0.2) is 0 Å². The molecule has 4 rings (SSSR count). The first-order chi connectivity index (χ1) is 13.0. The quantitative estimate of drug-likeness (QED) is 0.514. The monoisotopic (exact) mass is 368 g/mol. The predicted octanol–water partition coefficient (Wildman–Crippen LogP) is 3.00. The molecule has 0 saturated heterocycles. The van der Waals surface area contributed by atoms with Crippen LogP contribution in [0.15, 0.2) is 76.0 Å². The molecule has 130 valence electrons. The third-order valence-electron chi connectivity index (χ3n) is 4.92. The average Bonchev–Trinajstić information content (AvgIpc) is 2.65. The summed E-state index contributed by atoms with van der Waals surface area (Å²) in [6.07, 6.45) is 6.30. The first-order valence-corrected chi connectivity index (χ1v) is 9.68. The molecule has 2 aromatic rings. The number of aliphatic hydroxyl groups excluding tert-OH is 1. The van der Waals surface area contributed by atoms with E-state index < -0.39 is 0 Å². The van der Waals surface area contributed by atoms with Crippen LogP contribution < -0.4 is 5.46 Å². The van der Waals surface area contributed by atoms with Crippen LogP contribution in [0.4, 0.5) is 0 Å². The van der Waals surface area contributed by atoms with Crippen LogP contribution in [0, 0.1) is 0 Å². The Hall–Kier alpha value is -2.65. The van der Waals surface area contributed by atoms with E-state index in [9.17, 15) is 9.90 Å². The minimum Gasteiger partial charge on any atom is -0.508 e. The molecule has 2 nitrogen and oxygen atoms in total. The summed E-state index contributed by atoms with van der Waals surface area (Å²) in [6, 6.07) is 11.8. The fourth-order valence-electron chi connectivity index (χ4n) is 3.61. The van der Waals surface area contributed by atoms with Gasteiger partial charge in [0.1, 0.15) is 27.7 Å². The van der Waals surface area contributed by atoms with E-state index in [1.807, 2.05) is 38.2 Å². The van der Waals surface area contributed by atoms with Gasteiger partial charge in [-0.3, -0.25) is 4.79 Å². The number of fused-ring (bicyclic) bond motifs is 2. The van der Waals surface area contributed by atoms with Gasteiger partial charge in [-0.2, -0.15) is 0 Å². The van der Waals surface area contributed by atoms with Crippen LogP contribution in [0.3, 0.4) is 0 Å². The Morgan fingerprint density at radius 1 is 1.15 bits per heavy atom. The first-order valence-electron chi connectivity index (χ1n) is 8.86. The van der Waals surface area contributed by atoms with E-state index in [4.69, 9.17) is 0 Å². The molecule has 27 heavy (non-hydrogen) atoms. The van der Waals surface area contributed by atoms with E-state index in [0.717, 1.165) is 45.3 Å². The number of aldehydes is 1. The summed E-state index contributed by atoms with van der Waals surface area (Å²) in [6.45, 7) is 3.76. The van der Waals surface area contributed by atoms with Crippen molar-refractivity contribution in [1.82, 2.24) is 0 Å².